The highest BCUT2D eigenvalue weighted by atomic mass is 16.1. The van der Waals surface area contributed by atoms with Gasteiger partial charge in [-0.15, -0.1) is 0 Å². The molecule has 0 spiro atoms. The average Bonchev–Trinajstić information content (AvgIpc) is 2.85. The number of benzene rings is 2. The molecule has 0 atom stereocenters. The minimum absolute atomic E-state index is 0.448. The summed E-state index contributed by atoms with van der Waals surface area (Å²) in [4.78, 5) is 11.9. The van der Waals surface area contributed by atoms with Crippen LogP contribution in [0.2, 0.25) is 0 Å². The van der Waals surface area contributed by atoms with Crippen molar-refractivity contribution >= 4 is 5.91 Å². The Bertz CT molecular complexity index is 792. The first kappa shape index (κ1) is 14.1. The fraction of sp³-hybridized carbons (Fsp3) is 0.111. The predicted octanol–water partition coefficient (Wildman–Crippen LogP) is 3.01. The van der Waals surface area contributed by atoms with E-state index < -0.39 is 5.91 Å². The maximum Gasteiger partial charge on any atom is 0.252 e. The van der Waals surface area contributed by atoms with Gasteiger partial charge >= 0.3 is 0 Å². The number of carbonyl (C=O) groups excluding carboxylic acids is 1. The first-order valence-corrected chi connectivity index (χ1v) is 7.13. The second-order valence-corrected chi connectivity index (χ2v) is 5.18. The summed E-state index contributed by atoms with van der Waals surface area (Å²) in [5.41, 5.74) is 9.54. The van der Waals surface area contributed by atoms with Gasteiger partial charge in [0.15, 0.2) is 0 Å². The van der Waals surface area contributed by atoms with Crippen molar-refractivity contribution in [3.8, 4) is 11.3 Å². The molecule has 0 saturated carbocycles. The number of aryl methyl sites for hydroxylation is 1. The van der Waals surface area contributed by atoms with E-state index in [4.69, 9.17) is 5.73 Å². The second kappa shape index (κ2) is 5.85. The van der Waals surface area contributed by atoms with Gasteiger partial charge in [0.1, 0.15) is 0 Å². The maximum absolute atomic E-state index is 11.9. The molecule has 110 valence electrons. The van der Waals surface area contributed by atoms with Gasteiger partial charge in [0, 0.05) is 5.56 Å². The van der Waals surface area contributed by atoms with Crippen LogP contribution >= 0.6 is 0 Å². The monoisotopic (exact) mass is 291 g/mol. The van der Waals surface area contributed by atoms with E-state index >= 15 is 0 Å². The molecule has 0 aliphatic rings. The van der Waals surface area contributed by atoms with Gasteiger partial charge < -0.3 is 5.73 Å². The third-order valence-electron chi connectivity index (χ3n) is 3.60. The van der Waals surface area contributed by atoms with Gasteiger partial charge in [0.05, 0.1) is 23.5 Å². The van der Waals surface area contributed by atoms with E-state index in [0.29, 0.717) is 17.8 Å². The Morgan fingerprint density at radius 2 is 1.64 bits per heavy atom. The van der Waals surface area contributed by atoms with E-state index in [2.05, 4.69) is 5.10 Å². The number of amides is 1. The minimum atomic E-state index is -0.448. The molecular formula is C18H17N3O. The Balaban J connectivity index is 2.14. The molecule has 3 aromatic rings. The molecule has 0 bridgehead atoms. The van der Waals surface area contributed by atoms with Gasteiger partial charge in [-0.1, -0.05) is 60.7 Å². The number of nitrogens with zero attached hydrogens (tertiary/aromatic N) is 2. The van der Waals surface area contributed by atoms with E-state index in [-0.39, 0.29) is 0 Å². The van der Waals surface area contributed by atoms with Crippen molar-refractivity contribution in [3.63, 3.8) is 0 Å². The van der Waals surface area contributed by atoms with Crippen molar-refractivity contribution in [1.82, 2.24) is 9.78 Å². The highest BCUT2D eigenvalue weighted by molar-refractivity contribution is 6.00. The molecule has 0 fully saturated rings. The standard InChI is InChI=1S/C18H17N3O/c1-13-16(18(19)22)17(15-10-6-3-7-11-15)21(20-13)12-14-8-4-2-5-9-14/h2-11H,12H2,1H3,(H2,19,22). The van der Waals surface area contributed by atoms with E-state index in [1.54, 1.807) is 0 Å². The zero-order valence-electron chi connectivity index (χ0n) is 12.4. The van der Waals surface area contributed by atoms with Gasteiger partial charge in [-0.25, -0.2) is 0 Å². The van der Waals surface area contributed by atoms with Crippen LogP contribution in [0.1, 0.15) is 21.6 Å². The van der Waals surface area contributed by atoms with Crippen LogP contribution < -0.4 is 5.73 Å². The lowest BCUT2D eigenvalue weighted by molar-refractivity contribution is 0.100. The fourth-order valence-corrected chi connectivity index (χ4v) is 2.64. The van der Waals surface area contributed by atoms with Crippen molar-refractivity contribution in [2.75, 3.05) is 0 Å². The van der Waals surface area contributed by atoms with Crippen LogP contribution in [0.4, 0.5) is 0 Å². The molecule has 0 unspecified atom stereocenters. The number of rotatable bonds is 4. The van der Waals surface area contributed by atoms with Crippen LogP contribution in [0, 0.1) is 6.92 Å². The molecule has 0 aliphatic heterocycles. The van der Waals surface area contributed by atoms with E-state index in [1.165, 1.54) is 0 Å². The summed E-state index contributed by atoms with van der Waals surface area (Å²) >= 11 is 0. The van der Waals surface area contributed by atoms with Crippen LogP contribution in [0.5, 0.6) is 0 Å². The Kier molecular flexibility index (Phi) is 3.74. The summed E-state index contributed by atoms with van der Waals surface area (Å²) in [6.45, 7) is 2.41. The Hall–Kier alpha value is -2.88. The topological polar surface area (TPSA) is 60.9 Å². The summed E-state index contributed by atoms with van der Waals surface area (Å²) in [6, 6.07) is 19.8. The van der Waals surface area contributed by atoms with Gasteiger partial charge in [-0.3, -0.25) is 9.48 Å². The number of nitrogens with two attached hydrogens (primary N) is 1. The van der Waals surface area contributed by atoms with Gasteiger partial charge in [0.2, 0.25) is 0 Å². The average molecular weight is 291 g/mol. The van der Waals surface area contributed by atoms with Crippen LogP contribution in [0.3, 0.4) is 0 Å². The van der Waals surface area contributed by atoms with Gasteiger partial charge in [0.25, 0.3) is 5.91 Å². The smallest absolute Gasteiger partial charge is 0.252 e. The third kappa shape index (κ3) is 2.63. The quantitative estimate of drug-likeness (QED) is 0.803. The van der Waals surface area contributed by atoms with Crippen LogP contribution in [0.15, 0.2) is 60.7 Å². The van der Waals surface area contributed by atoms with Crippen molar-refractivity contribution in [1.29, 1.82) is 0 Å². The molecule has 0 aliphatic carbocycles. The fourth-order valence-electron chi connectivity index (χ4n) is 2.64. The molecule has 4 nitrogen and oxygen atoms in total. The summed E-state index contributed by atoms with van der Waals surface area (Å²) in [5, 5.41) is 4.52. The first-order chi connectivity index (χ1) is 10.7. The van der Waals surface area contributed by atoms with Crippen molar-refractivity contribution in [2.24, 2.45) is 5.73 Å². The Morgan fingerprint density at radius 3 is 2.23 bits per heavy atom. The molecular weight excluding hydrogens is 274 g/mol. The molecule has 0 radical (unpaired) electrons. The van der Waals surface area contributed by atoms with E-state index in [1.807, 2.05) is 72.3 Å². The summed E-state index contributed by atoms with van der Waals surface area (Å²) in [6.07, 6.45) is 0. The third-order valence-corrected chi connectivity index (χ3v) is 3.60. The zero-order valence-corrected chi connectivity index (χ0v) is 12.4. The largest absolute Gasteiger partial charge is 0.365 e. The molecule has 0 saturated heterocycles. The maximum atomic E-state index is 11.9. The molecule has 2 N–H and O–H groups in total. The number of hydrogen-bond acceptors (Lipinski definition) is 2. The number of primary amides is 1. The Morgan fingerprint density at radius 1 is 1.05 bits per heavy atom. The van der Waals surface area contributed by atoms with Crippen molar-refractivity contribution in [2.45, 2.75) is 13.5 Å². The summed E-state index contributed by atoms with van der Waals surface area (Å²) in [7, 11) is 0. The highest BCUT2D eigenvalue weighted by Crippen LogP contribution is 2.26. The highest BCUT2D eigenvalue weighted by Gasteiger charge is 2.20. The lowest BCUT2D eigenvalue weighted by Gasteiger charge is -2.09. The number of hydrogen-bond donors (Lipinski definition) is 1. The lowest BCUT2D eigenvalue weighted by Crippen LogP contribution is -2.13. The predicted molar refractivity (Wildman–Crippen MR) is 86.5 cm³/mol. The minimum Gasteiger partial charge on any atom is -0.365 e. The lowest BCUT2D eigenvalue weighted by atomic mass is 10.1. The van der Waals surface area contributed by atoms with Crippen LogP contribution in [-0.4, -0.2) is 15.7 Å². The normalized spacial score (nSPS) is 10.6. The summed E-state index contributed by atoms with van der Waals surface area (Å²) < 4.78 is 1.85. The number of carbonyl (C=O) groups is 1. The van der Waals surface area contributed by atoms with Crippen molar-refractivity contribution in [3.05, 3.63) is 77.5 Å². The first-order valence-electron chi connectivity index (χ1n) is 7.13. The van der Waals surface area contributed by atoms with Crippen LogP contribution in [0.25, 0.3) is 11.3 Å². The Labute approximate surface area is 129 Å². The number of aromatic nitrogens is 2. The molecule has 22 heavy (non-hydrogen) atoms. The molecule has 4 heteroatoms. The second-order valence-electron chi connectivity index (χ2n) is 5.18. The van der Waals surface area contributed by atoms with Gasteiger partial charge in [-0.2, -0.15) is 5.10 Å². The van der Waals surface area contributed by atoms with E-state index in [9.17, 15) is 4.79 Å². The van der Waals surface area contributed by atoms with Crippen LogP contribution in [-0.2, 0) is 6.54 Å². The molecule has 3 rings (SSSR count). The summed E-state index contributed by atoms with van der Waals surface area (Å²) in [5.74, 6) is -0.448. The molecule has 1 aromatic heterocycles. The molecule has 2 aromatic carbocycles. The van der Waals surface area contributed by atoms with E-state index in [0.717, 1.165) is 16.8 Å². The molecule has 1 amide bonds. The van der Waals surface area contributed by atoms with Gasteiger partial charge in [-0.05, 0) is 12.5 Å². The van der Waals surface area contributed by atoms with Crippen molar-refractivity contribution < 1.29 is 4.79 Å². The SMILES string of the molecule is Cc1nn(Cc2ccccc2)c(-c2ccccc2)c1C(N)=O. The zero-order chi connectivity index (χ0) is 15.5. The molecule has 1 heterocycles.